The van der Waals surface area contributed by atoms with E-state index in [2.05, 4.69) is 5.32 Å². The fraction of sp³-hybridized carbons (Fsp3) is 0.125. The van der Waals surface area contributed by atoms with Crippen LogP contribution in [-0.4, -0.2) is 18.5 Å². The Labute approximate surface area is 142 Å². The second-order valence-corrected chi connectivity index (χ2v) is 5.48. The average molecular weight is 356 g/mol. The molecule has 1 amide bonds. The van der Waals surface area contributed by atoms with Crippen LogP contribution in [0.25, 0.3) is 0 Å². The largest absolute Gasteiger partial charge is 0.455 e. The van der Waals surface area contributed by atoms with E-state index in [4.69, 9.17) is 27.9 Å². The highest BCUT2D eigenvalue weighted by molar-refractivity contribution is 6.35. The first kappa shape index (κ1) is 17.2. The quantitative estimate of drug-likeness (QED) is 0.828. The topological polar surface area (TPSA) is 55.4 Å². The number of carbonyl (C=O) groups excluding carboxylic acids is 2. The molecule has 1 N–H and O–H groups in total. The van der Waals surface area contributed by atoms with Crippen LogP contribution in [0.1, 0.15) is 5.56 Å². The zero-order valence-corrected chi connectivity index (χ0v) is 13.3. The summed E-state index contributed by atoms with van der Waals surface area (Å²) in [6.07, 6.45) is -0.0801. The molecular weight excluding hydrogens is 344 g/mol. The van der Waals surface area contributed by atoms with Gasteiger partial charge in [0, 0.05) is 15.7 Å². The summed E-state index contributed by atoms with van der Waals surface area (Å²) in [5, 5.41) is 3.23. The van der Waals surface area contributed by atoms with E-state index < -0.39 is 24.3 Å². The molecule has 2 aromatic rings. The van der Waals surface area contributed by atoms with Crippen LogP contribution >= 0.6 is 23.2 Å². The Balaban J connectivity index is 1.83. The standard InChI is InChI=1S/C16H12Cl2FNO3/c17-11-5-4-10(14(18)7-11)6-16(22)23-9-15(21)20-13-3-1-2-12(19)8-13/h1-5,7-8H,6,9H2,(H,20,21). The molecule has 0 fully saturated rings. The van der Waals surface area contributed by atoms with E-state index >= 15 is 0 Å². The van der Waals surface area contributed by atoms with Gasteiger partial charge in [-0.1, -0.05) is 35.3 Å². The zero-order valence-electron chi connectivity index (χ0n) is 11.8. The second kappa shape index (κ2) is 7.94. The fourth-order valence-corrected chi connectivity index (χ4v) is 2.26. The summed E-state index contributed by atoms with van der Waals surface area (Å²) in [4.78, 5) is 23.3. The number of anilines is 1. The molecule has 23 heavy (non-hydrogen) atoms. The number of rotatable bonds is 5. The molecule has 0 aliphatic carbocycles. The molecule has 2 aromatic carbocycles. The number of esters is 1. The van der Waals surface area contributed by atoms with Gasteiger partial charge in [-0.15, -0.1) is 0 Å². The van der Waals surface area contributed by atoms with Gasteiger partial charge in [0.15, 0.2) is 6.61 Å². The van der Waals surface area contributed by atoms with Crippen LogP contribution in [0.15, 0.2) is 42.5 Å². The molecule has 0 saturated heterocycles. The van der Waals surface area contributed by atoms with E-state index in [1.54, 1.807) is 12.1 Å². The summed E-state index contributed by atoms with van der Waals surface area (Å²) < 4.78 is 17.8. The molecule has 0 aliphatic rings. The highest BCUT2D eigenvalue weighted by Crippen LogP contribution is 2.21. The van der Waals surface area contributed by atoms with E-state index in [9.17, 15) is 14.0 Å². The number of halogens is 3. The van der Waals surface area contributed by atoms with Crippen LogP contribution in [0.4, 0.5) is 10.1 Å². The summed E-state index contributed by atoms with van der Waals surface area (Å²) in [5.41, 5.74) is 0.832. The van der Waals surface area contributed by atoms with Gasteiger partial charge >= 0.3 is 5.97 Å². The Bertz CT molecular complexity index is 737. The van der Waals surface area contributed by atoms with Crippen LogP contribution in [0.5, 0.6) is 0 Å². The molecule has 0 unspecified atom stereocenters. The summed E-state index contributed by atoms with van der Waals surface area (Å²) >= 11 is 11.7. The predicted molar refractivity (Wildman–Crippen MR) is 86.2 cm³/mol. The molecule has 0 heterocycles. The summed E-state index contributed by atoms with van der Waals surface area (Å²) in [5.74, 6) is -1.65. The molecule has 2 rings (SSSR count). The van der Waals surface area contributed by atoms with Crippen molar-refractivity contribution in [3.8, 4) is 0 Å². The van der Waals surface area contributed by atoms with Gasteiger partial charge in [-0.05, 0) is 35.9 Å². The van der Waals surface area contributed by atoms with Crippen LogP contribution in [0.3, 0.4) is 0 Å². The maximum absolute atomic E-state index is 13.0. The van der Waals surface area contributed by atoms with Gasteiger partial charge in [-0.25, -0.2) is 4.39 Å². The lowest BCUT2D eigenvalue weighted by Crippen LogP contribution is -2.21. The van der Waals surface area contributed by atoms with Gasteiger partial charge in [0.2, 0.25) is 0 Å². The van der Waals surface area contributed by atoms with Crippen molar-refractivity contribution < 1.29 is 18.7 Å². The summed E-state index contributed by atoms with van der Waals surface area (Å²) in [7, 11) is 0. The molecular formula is C16H12Cl2FNO3. The molecule has 0 radical (unpaired) electrons. The molecule has 0 spiro atoms. The van der Waals surface area contributed by atoms with Crippen LogP contribution < -0.4 is 5.32 Å². The van der Waals surface area contributed by atoms with Crippen molar-refractivity contribution in [3.05, 3.63) is 63.9 Å². The molecule has 0 atom stereocenters. The zero-order chi connectivity index (χ0) is 16.8. The first-order valence-corrected chi connectivity index (χ1v) is 7.34. The average Bonchev–Trinajstić information content (AvgIpc) is 2.48. The highest BCUT2D eigenvalue weighted by atomic mass is 35.5. The van der Waals surface area contributed by atoms with E-state index in [1.807, 2.05) is 0 Å². The smallest absolute Gasteiger partial charge is 0.310 e. The molecule has 7 heteroatoms. The van der Waals surface area contributed by atoms with Gasteiger partial charge in [0.25, 0.3) is 5.91 Å². The van der Waals surface area contributed by atoms with Gasteiger partial charge in [0.05, 0.1) is 6.42 Å². The second-order valence-electron chi connectivity index (χ2n) is 4.63. The lowest BCUT2D eigenvalue weighted by molar-refractivity contribution is -0.146. The minimum Gasteiger partial charge on any atom is -0.455 e. The van der Waals surface area contributed by atoms with E-state index in [0.29, 0.717) is 15.6 Å². The third kappa shape index (κ3) is 5.54. The number of benzene rings is 2. The Morgan fingerprint density at radius 1 is 1.13 bits per heavy atom. The highest BCUT2D eigenvalue weighted by Gasteiger charge is 2.11. The number of carbonyl (C=O) groups is 2. The Morgan fingerprint density at radius 3 is 2.61 bits per heavy atom. The van der Waals surface area contributed by atoms with Crippen molar-refractivity contribution in [1.82, 2.24) is 0 Å². The third-order valence-corrected chi connectivity index (χ3v) is 3.41. The maximum atomic E-state index is 13.0. The number of hydrogen-bond acceptors (Lipinski definition) is 3. The van der Waals surface area contributed by atoms with Crippen molar-refractivity contribution in [2.24, 2.45) is 0 Å². The Kier molecular flexibility index (Phi) is 5.96. The van der Waals surface area contributed by atoms with Crippen molar-refractivity contribution in [3.63, 3.8) is 0 Å². The van der Waals surface area contributed by atoms with Crippen LogP contribution in [0, 0.1) is 5.82 Å². The van der Waals surface area contributed by atoms with Crippen molar-refractivity contribution in [2.75, 3.05) is 11.9 Å². The van der Waals surface area contributed by atoms with E-state index in [0.717, 1.165) is 6.07 Å². The molecule has 0 saturated carbocycles. The number of nitrogens with one attached hydrogen (secondary N) is 1. The van der Waals surface area contributed by atoms with Crippen molar-refractivity contribution >= 4 is 40.8 Å². The van der Waals surface area contributed by atoms with E-state index in [-0.39, 0.29) is 12.1 Å². The monoisotopic (exact) mass is 355 g/mol. The van der Waals surface area contributed by atoms with Crippen molar-refractivity contribution in [1.29, 1.82) is 0 Å². The number of hydrogen-bond donors (Lipinski definition) is 1. The molecule has 0 aliphatic heterocycles. The third-order valence-electron chi connectivity index (χ3n) is 2.82. The van der Waals surface area contributed by atoms with Gasteiger partial charge in [-0.3, -0.25) is 9.59 Å². The maximum Gasteiger partial charge on any atom is 0.310 e. The molecule has 120 valence electrons. The SMILES string of the molecule is O=C(COC(=O)Cc1ccc(Cl)cc1Cl)Nc1cccc(F)c1. The van der Waals surface area contributed by atoms with Gasteiger partial charge < -0.3 is 10.1 Å². The molecule has 0 aromatic heterocycles. The number of amides is 1. The van der Waals surface area contributed by atoms with Crippen LogP contribution in [-0.2, 0) is 20.7 Å². The fourth-order valence-electron chi connectivity index (χ4n) is 1.78. The van der Waals surface area contributed by atoms with Crippen molar-refractivity contribution in [2.45, 2.75) is 6.42 Å². The number of ether oxygens (including phenoxy) is 1. The minimum atomic E-state index is -0.608. The summed E-state index contributed by atoms with van der Waals surface area (Å²) in [6, 6.07) is 10.1. The Hall–Kier alpha value is -2.11. The van der Waals surface area contributed by atoms with Gasteiger partial charge in [-0.2, -0.15) is 0 Å². The predicted octanol–water partition coefficient (Wildman–Crippen LogP) is 3.86. The minimum absolute atomic E-state index is 0.0801. The summed E-state index contributed by atoms with van der Waals surface area (Å²) in [6.45, 7) is -0.472. The first-order valence-electron chi connectivity index (χ1n) is 6.59. The van der Waals surface area contributed by atoms with E-state index in [1.165, 1.54) is 24.3 Å². The molecule has 0 bridgehead atoms. The first-order chi connectivity index (χ1) is 10.9. The lowest BCUT2D eigenvalue weighted by atomic mass is 10.1. The lowest BCUT2D eigenvalue weighted by Gasteiger charge is -2.07. The van der Waals surface area contributed by atoms with Crippen LogP contribution in [0.2, 0.25) is 10.0 Å². The Morgan fingerprint density at radius 2 is 1.91 bits per heavy atom. The normalized spacial score (nSPS) is 10.2. The molecule has 4 nitrogen and oxygen atoms in total. The van der Waals surface area contributed by atoms with Gasteiger partial charge in [0.1, 0.15) is 5.82 Å².